The number of aromatic nitrogens is 2. The van der Waals surface area contributed by atoms with E-state index in [0.717, 1.165) is 4.57 Å². The van der Waals surface area contributed by atoms with Crippen LogP contribution in [0.25, 0.3) is 0 Å². The molecular formula is C17H22N3O16P3. The molecule has 1 aliphatic rings. The molecule has 39 heavy (non-hydrogen) atoms. The molecule has 5 atom stereocenters. The monoisotopic (exact) mass is 617 g/mol. The largest absolute Gasteiger partial charge is 0.490 e. The standard InChI is InChI=1S/C17H22N3O16P3/c1-10-7-19(17(22)18-16(10)21)15-6-13(32-8-11-4-2-3-5-12(11)20(23)24)14(34-15)9-33-38(28,29)36-39(30,31)35-37(25,26)27/h2-5,7,13-15H,6,8-9H2,1H3,(H,28,29)(H,30,31)(H,18,21,22)(H2,25,26,27)/t13?,14-,15-/m1/s1. The van der Waals surface area contributed by atoms with Crippen LogP contribution in [0.3, 0.4) is 0 Å². The van der Waals surface area contributed by atoms with Crippen LogP contribution >= 0.6 is 23.5 Å². The maximum absolute atomic E-state index is 12.3. The summed E-state index contributed by atoms with van der Waals surface area (Å²) in [5.74, 6) is 0. The Hall–Kier alpha value is -2.37. The van der Waals surface area contributed by atoms with Crippen LogP contribution in [0.2, 0.25) is 0 Å². The normalized spacial score (nSPS) is 22.7. The number of aromatic amines is 1. The first-order chi connectivity index (χ1) is 18.0. The third kappa shape index (κ3) is 8.81. The molecule has 5 N–H and O–H groups in total. The molecule has 0 bridgehead atoms. The summed E-state index contributed by atoms with van der Waals surface area (Å²) in [7, 11) is -16.9. The highest BCUT2D eigenvalue weighted by atomic mass is 31.3. The van der Waals surface area contributed by atoms with Crippen LogP contribution in [0.5, 0.6) is 0 Å². The number of hydrogen-bond acceptors (Lipinski definition) is 12. The van der Waals surface area contributed by atoms with Gasteiger partial charge in [-0.25, -0.2) is 18.5 Å². The number of ether oxygens (including phenoxy) is 2. The number of phosphoric acid groups is 3. The maximum Gasteiger partial charge on any atom is 0.490 e. The molecule has 216 valence electrons. The number of nitrogens with zero attached hydrogens (tertiary/aromatic N) is 2. The molecule has 0 amide bonds. The minimum atomic E-state index is -5.77. The summed E-state index contributed by atoms with van der Waals surface area (Å²) in [6.07, 6.45) is -2.44. The van der Waals surface area contributed by atoms with Crippen molar-refractivity contribution in [3.63, 3.8) is 0 Å². The maximum atomic E-state index is 12.3. The summed E-state index contributed by atoms with van der Waals surface area (Å²) < 4.78 is 58.9. The van der Waals surface area contributed by atoms with Gasteiger partial charge in [0.2, 0.25) is 0 Å². The van der Waals surface area contributed by atoms with Crippen molar-refractivity contribution in [2.45, 2.75) is 38.4 Å². The fraction of sp³-hybridized carbons (Fsp3) is 0.412. The smallest absolute Gasteiger partial charge is 0.370 e. The number of para-hydroxylation sites is 1. The number of nitro groups is 1. The van der Waals surface area contributed by atoms with Crippen LogP contribution in [0.1, 0.15) is 23.8 Å². The number of benzene rings is 1. The van der Waals surface area contributed by atoms with E-state index in [2.05, 4.69) is 18.1 Å². The fourth-order valence-corrected chi connectivity index (χ4v) is 6.51. The van der Waals surface area contributed by atoms with Gasteiger partial charge in [0, 0.05) is 24.2 Å². The van der Waals surface area contributed by atoms with Gasteiger partial charge in [0.25, 0.3) is 11.2 Å². The van der Waals surface area contributed by atoms with Gasteiger partial charge >= 0.3 is 29.2 Å². The van der Waals surface area contributed by atoms with Crippen molar-refractivity contribution >= 4 is 29.2 Å². The highest BCUT2D eigenvalue weighted by molar-refractivity contribution is 7.66. The van der Waals surface area contributed by atoms with Crippen molar-refractivity contribution < 1.29 is 60.8 Å². The summed E-state index contributed by atoms with van der Waals surface area (Å²) in [4.78, 5) is 73.1. The van der Waals surface area contributed by atoms with Crippen LogP contribution in [-0.2, 0) is 42.9 Å². The van der Waals surface area contributed by atoms with E-state index in [1.807, 2.05) is 0 Å². The average molecular weight is 617 g/mol. The molecule has 1 saturated heterocycles. The van der Waals surface area contributed by atoms with E-state index in [1.165, 1.54) is 37.4 Å². The quantitative estimate of drug-likeness (QED) is 0.126. The number of nitro benzene ring substituents is 1. The molecule has 3 unspecified atom stereocenters. The van der Waals surface area contributed by atoms with Crippen LogP contribution in [-0.4, -0.2) is 52.9 Å². The second-order valence-electron chi connectivity index (χ2n) is 7.97. The van der Waals surface area contributed by atoms with Gasteiger partial charge in [-0.1, -0.05) is 12.1 Å². The lowest BCUT2D eigenvalue weighted by Crippen LogP contribution is -2.33. The van der Waals surface area contributed by atoms with Crippen LogP contribution in [0.15, 0.2) is 40.1 Å². The Kier molecular flexibility index (Phi) is 9.60. The van der Waals surface area contributed by atoms with E-state index < -0.39 is 64.7 Å². The second kappa shape index (κ2) is 12.0. The van der Waals surface area contributed by atoms with E-state index in [-0.39, 0.29) is 29.8 Å². The highest BCUT2D eigenvalue weighted by Crippen LogP contribution is 2.66. The van der Waals surface area contributed by atoms with Gasteiger partial charge in [-0.15, -0.1) is 0 Å². The molecule has 2 aromatic rings. The zero-order valence-electron chi connectivity index (χ0n) is 19.7. The van der Waals surface area contributed by atoms with Crippen LogP contribution in [0, 0.1) is 17.0 Å². The zero-order chi connectivity index (χ0) is 29.2. The third-order valence-electron chi connectivity index (χ3n) is 5.10. The lowest BCUT2D eigenvalue weighted by molar-refractivity contribution is -0.386. The molecule has 0 saturated carbocycles. The Morgan fingerprint density at radius 3 is 2.44 bits per heavy atom. The summed E-state index contributed by atoms with van der Waals surface area (Å²) in [5, 5.41) is 11.3. The Labute approximate surface area is 217 Å². The molecule has 22 heteroatoms. The number of aryl methyl sites for hydroxylation is 1. The van der Waals surface area contributed by atoms with Gasteiger partial charge in [0.15, 0.2) is 0 Å². The molecular weight excluding hydrogens is 595 g/mol. The van der Waals surface area contributed by atoms with Gasteiger partial charge in [-0.05, 0) is 13.0 Å². The number of hydrogen-bond donors (Lipinski definition) is 5. The molecule has 1 aromatic carbocycles. The van der Waals surface area contributed by atoms with Gasteiger partial charge < -0.3 is 29.0 Å². The first-order valence-corrected chi connectivity index (χ1v) is 15.1. The van der Waals surface area contributed by atoms with E-state index in [9.17, 15) is 43.2 Å². The first-order valence-electron chi connectivity index (χ1n) is 10.6. The van der Waals surface area contributed by atoms with Crippen molar-refractivity contribution in [3.05, 3.63) is 72.5 Å². The van der Waals surface area contributed by atoms with Crippen molar-refractivity contribution in [3.8, 4) is 0 Å². The van der Waals surface area contributed by atoms with Gasteiger partial charge in [0.05, 0.1) is 29.8 Å². The molecule has 1 fully saturated rings. The number of nitrogens with one attached hydrogen (secondary N) is 1. The molecule has 0 radical (unpaired) electrons. The molecule has 3 rings (SSSR count). The summed E-state index contributed by atoms with van der Waals surface area (Å²) in [6.45, 7) is 0.168. The lowest BCUT2D eigenvalue weighted by Gasteiger charge is -2.21. The number of phosphoric ester groups is 1. The van der Waals surface area contributed by atoms with Gasteiger partial charge in [0.1, 0.15) is 12.3 Å². The Morgan fingerprint density at radius 2 is 1.79 bits per heavy atom. The topological polar surface area (TPSA) is 276 Å². The van der Waals surface area contributed by atoms with Crippen molar-refractivity contribution in [2.24, 2.45) is 0 Å². The minimum absolute atomic E-state index is 0.129. The zero-order valence-corrected chi connectivity index (χ0v) is 22.3. The molecule has 19 nitrogen and oxygen atoms in total. The summed E-state index contributed by atoms with van der Waals surface area (Å²) in [6, 6.07) is 5.62. The minimum Gasteiger partial charge on any atom is -0.370 e. The van der Waals surface area contributed by atoms with Crippen molar-refractivity contribution in [1.29, 1.82) is 0 Å². The molecule has 0 spiro atoms. The molecule has 1 aromatic heterocycles. The van der Waals surface area contributed by atoms with Gasteiger partial charge in [-0.3, -0.25) is 29.0 Å². The lowest BCUT2D eigenvalue weighted by atomic mass is 10.1. The summed E-state index contributed by atoms with van der Waals surface area (Å²) >= 11 is 0. The SMILES string of the molecule is Cc1cn([C@H]2CC(OCc3ccccc3[N+](=O)[O-])[C@@H](COP(=O)(O)OP(=O)(O)OP(=O)(O)O)O2)c(=O)[nH]c1=O. The molecule has 0 aliphatic carbocycles. The predicted octanol–water partition coefficient (Wildman–Crippen LogP) is 0.969. The van der Waals surface area contributed by atoms with Crippen LogP contribution < -0.4 is 11.2 Å². The Morgan fingerprint density at radius 1 is 1.13 bits per heavy atom. The summed E-state index contributed by atoms with van der Waals surface area (Å²) in [5.41, 5.74) is -1.46. The van der Waals surface area contributed by atoms with E-state index in [4.69, 9.17) is 19.3 Å². The van der Waals surface area contributed by atoms with Gasteiger partial charge in [-0.2, -0.15) is 8.62 Å². The van der Waals surface area contributed by atoms with E-state index >= 15 is 0 Å². The number of H-pyrrole nitrogens is 1. The Bertz CT molecular complexity index is 1480. The molecule has 1 aliphatic heterocycles. The highest BCUT2D eigenvalue weighted by Gasteiger charge is 2.43. The molecule has 2 heterocycles. The fourth-order valence-electron chi connectivity index (χ4n) is 3.48. The predicted molar refractivity (Wildman–Crippen MR) is 126 cm³/mol. The first kappa shape index (κ1) is 31.2. The van der Waals surface area contributed by atoms with E-state index in [0.29, 0.717) is 0 Å². The average Bonchev–Trinajstić information content (AvgIpc) is 3.19. The Balaban J connectivity index is 1.80. The van der Waals surface area contributed by atoms with Crippen molar-refractivity contribution in [2.75, 3.05) is 6.61 Å². The van der Waals surface area contributed by atoms with Crippen molar-refractivity contribution in [1.82, 2.24) is 9.55 Å². The van der Waals surface area contributed by atoms with Crippen LogP contribution in [0.4, 0.5) is 5.69 Å². The second-order valence-corrected chi connectivity index (χ2v) is 12.4. The third-order valence-corrected chi connectivity index (χ3v) is 8.90. The van der Waals surface area contributed by atoms with E-state index in [1.54, 1.807) is 0 Å². The number of rotatable bonds is 12.